The molecule has 30 heavy (non-hydrogen) atoms. The van der Waals surface area contributed by atoms with Crippen LogP contribution in [0.1, 0.15) is 18.9 Å². The molecule has 4 rings (SSSR count). The molecule has 0 aromatic heterocycles. The van der Waals surface area contributed by atoms with Crippen molar-refractivity contribution in [2.24, 2.45) is 4.99 Å². The summed E-state index contributed by atoms with van der Waals surface area (Å²) in [5.41, 5.74) is 1.41. The van der Waals surface area contributed by atoms with E-state index in [1.54, 1.807) is 36.4 Å². The lowest BCUT2D eigenvalue weighted by atomic mass is 10.1. The normalized spacial score (nSPS) is 19.2. The van der Waals surface area contributed by atoms with Crippen molar-refractivity contribution in [1.29, 1.82) is 0 Å². The third-order valence-corrected chi connectivity index (χ3v) is 5.72. The van der Waals surface area contributed by atoms with E-state index in [4.69, 9.17) is 14.2 Å². The van der Waals surface area contributed by atoms with Gasteiger partial charge in [0.2, 0.25) is 12.7 Å². The predicted molar refractivity (Wildman–Crippen MR) is 109 cm³/mol. The molecule has 1 atom stereocenters. The summed E-state index contributed by atoms with van der Waals surface area (Å²) in [4.78, 5) is 30.2. The summed E-state index contributed by atoms with van der Waals surface area (Å²) < 4.78 is 16.1. The number of hydrogen-bond donors (Lipinski definition) is 0. The molecule has 2 aromatic rings. The van der Waals surface area contributed by atoms with Crippen LogP contribution in [0.25, 0.3) is 0 Å². The molecule has 0 spiro atoms. The fourth-order valence-electron chi connectivity index (χ4n) is 3.10. The lowest BCUT2D eigenvalue weighted by molar-refractivity contribution is -0.304. The summed E-state index contributed by atoms with van der Waals surface area (Å²) in [7, 11) is 0. The van der Waals surface area contributed by atoms with Crippen molar-refractivity contribution in [3.63, 3.8) is 0 Å². The molecule has 8 nitrogen and oxygen atoms in total. The van der Waals surface area contributed by atoms with Gasteiger partial charge in [-0.3, -0.25) is 9.69 Å². The van der Waals surface area contributed by atoms with Crippen LogP contribution in [0.15, 0.2) is 47.5 Å². The zero-order valence-corrected chi connectivity index (χ0v) is 17.0. The van der Waals surface area contributed by atoms with Crippen LogP contribution in [0.5, 0.6) is 17.2 Å². The number of fused-ring (bicyclic) bond motifs is 1. The van der Waals surface area contributed by atoms with E-state index in [1.165, 1.54) is 4.90 Å². The molecule has 2 aliphatic heterocycles. The first-order valence-corrected chi connectivity index (χ1v) is 10.3. The highest BCUT2D eigenvalue weighted by Crippen LogP contribution is 2.35. The predicted octanol–water partition coefficient (Wildman–Crippen LogP) is 2.09. The van der Waals surface area contributed by atoms with Crippen molar-refractivity contribution in [2.45, 2.75) is 25.1 Å². The summed E-state index contributed by atoms with van der Waals surface area (Å²) in [6.45, 7) is 2.84. The van der Waals surface area contributed by atoms with Gasteiger partial charge in [0.05, 0.1) is 30.1 Å². The van der Waals surface area contributed by atoms with Gasteiger partial charge in [0, 0.05) is 6.42 Å². The molecule has 2 aliphatic rings. The Labute approximate surface area is 177 Å². The van der Waals surface area contributed by atoms with Crippen LogP contribution < -0.4 is 19.3 Å². The van der Waals surface area contributed by atoms with Gasteiger partial charge in [-0.15, -0.1) is 0 Å². The van der Waals surface area contributed by atoms with E-state index < -0.39 is 11.2 Å². The van der Waals surface area contributed by atoms with Crippen LogP contribution in [0.3, 0.4) is 0 Å². The number of amidine groups is 1. The number of ether oxygens (including phenoxy) is 3. The summed E-state index contributed by atoms with van der Waals surface area (Å²) >= 11 is 1.01. The zero-order chi connectivity index (χ0) is 21.1. The molecule has 1 saturated heterocycles. The van der Waals surface area contributed by atoms with Crippen molar-refractivity contribution in [1.82, 2.24) is 4.90 Å². The number of carbonyl (C=O) groups excluding carboxylic acids is 2. The standard InChI is InChI=1S/C21H20N2O6S/c1-2-27-15-6-4-14(5-7-15)22-21-23(19(24)10-18(30-21)20(25)26)11-13-3-8-16-17(9-13)29-12-28-16/h3-9,18H,2,10-12H2,1H3,(H,25,26)/p-1/t18-/m0/s1. The van der Waals surface area contributed by atoms with E-state index in [1.807, 2.05) is 13.0 Å². The number of aliphatic carboxylic acids is 1. The Morgan fingerprint density at radius 2 is 2.00 bits per heavy atom. The monoisotopic (exact) mass is 427 g/mol. The highest BCUT2D eigenvalue weighted by atomic mass is 32.2. The van der Waals surface area contributed by atoms with Gasteiger partial charge in [-0.25, -0.2) is 4.99 Å². The maximum Gasteiger partial charge on any atom is 0.231 e. The first-order chi connectivity index (χ1) is 14.5. The number of hydrogen-bond acceptors (Lipinski definition) is 8. The summed E-state index contributed by atoms with van der Waals surface area (Å²) in [5, 5.41) is 10.7. The molecule has 2 aromatic carbocycles. The fraction of sp³-hybridized carbons (Fsp3) is 0.286. The van der Waals surface area contributed by atoms with E-state index in [2.05, 4.69) is 4.99 Å². The smallest absolute Gasteiger partial charge is 0.231 e. The summed E-state index contributed by atoms with van der Waals surface area (Å²) in [6, 6.07) is 12.5. The van der Waals surface area contributed by atoms with E-state index in [9.17, 15) is 14.7 Å². The number of benzene rings is 2. The minimum atomic E-state index is -1.28. The van der Waals surface area contributed by atoms with Gasteiger partial charge in [0.15, 0.2) is 16.7 Å². The molecule has 156 valence electrons. The number of rotatable bonds is 6. The Hall–Kier alpha value is -3.20. The Bertz CT molecular complexity index is 991. The van der Waals surface area contributed by atoms with Crippen LogP contribution in [0.4, 0.5) is 5.69 Å². The molecular formula is C21H19N2O6S-. The van der Waals surface area contributed by atoms with Crippen LogP contribution in [-0.4, -0.2) is 40.6 Å². The average Bonchev–Trinajstić information content (AvgIpc) is 3.19. The molecule has 0 radical (unpaired) electrons. The number of carboxylic acid groups (broad SMARTS) is 1. The van der Waals surface area contributed by atoms with E-state index >= 15 is 0 Å². The number of carbonyl (C=O) groups is 2. The second-order valence-electron chi connectivity index (χ2n) is 6.62. The van der Waals surface area contributed by atoms with Crippen LogP contribution >= 0.6 is 11.8 Å². The van der Waals surface area contributed by atoms with Gasteiger partial charge in [-0.05, 0) is 48.9 Å². The number of thioether (sulfide) groups is 1. The van der Waals surface area contributed by atoms with Crippen LogP contribution in [0.2, 0.25) is 0 Å². The van der Waals surface area contributed by atoms with Gasteiger partial charge >= 0.3 is 0 Å². The van der Waals surface area contributed by atoms with Gasteiger partial charge in [0.1, 0.15) is 5.75 Å². The number of aliphatic imine (C=N–C) groups is 1. The maximum atomic E-state index is 12.8. The van der Waals surface area contributed by atoms with E-state index in [0.29, 0.717) is 34.7 Å². The highest BCUT2D eigenvalue weighted by molar-refractivity contribution is 8.15. The first kappa shape index (κ1) is 20.1. The lowest BCUT2D eigenvalue weighted by Gasteiger charge is -2.32. The molecule has 2 heterocycles. The minimum absolute atomic E-state index is 0.153. The topological polar surface area (TPSA) is 100 Å². The van der Waals surface area contributed by atoms with Crippen LogP contribution in [-0.2, 0) is 16.1 Å². The molecule has 0 unspecified atom stereocenters. The molecule has 0 saturated carbocycles. The van der Waals surface area contributed by atoms with Gasteiger partial charge in [-0.2, -0.15) is 0 Å². The molecular weight excluding hydrogens is 408 g/mol. The molecule has 0 aliphatic carbocycles. The third-order valence-electron chi connectivity index (χ3n) is 4.55. The van der Waals surface area contributed by atoms with Crippen molar-refractivity contribution in [2.75, 3.05) is 13.4 Å². The number of amides is 1. The summed E-state index contributed by atoms with van der Waals surface area (Å²) in [6.07, 6.45) is -0.153. The molecule has 0 N–H and O–H groups in total. The number of carboxylic acids is 1. The molecule has 0 bridgehead atoms. The third kappa shape index (κ3) is 4.35. The van der Waals surface area contributed by atoms with E-state index in [-0.39, 0.29) is 25.7 Å². The Balaban J connectivity index is 1.62. The molecule has 9 heteroatoms. The Kier molecular flexibility index (Phi) is 5.80. The van der Waals surface area contributed by atoms with E-state index in [0.717, 1.165) is 17.3 Å². The number of nitrogens with zero attached hydrogens (tertiary/aromatic N) is 2. The second-order valence-corrected chi connectivity index (χ2v) is 7.79. The second kappa shape index (κ2) is 8.66. The van der Waals surface area contributed by atoms with Gasteiger partial charge in [0.25, 0.3) is 0 Å². The van der Waals surface area contributed by atoms with Gasteiger partial charge < -0.3 is 24.1 Å². The lowest BCUT2D eigenvalue weighted by Crippen LogP contribution is -2.47. The van der Waals surface area contributed by atoms with Crippen molar-refractivity contribution >= 4 is 34.5 Å². The Morgan fingerprint density at radius 1 is 1.23 bits per heavy atom. The summed E-state index contributed by atoms with van der Waals surface area (Å²) in [5.74, 6) is 0.361. The highest BCUT2D eigenvalue weighted by Gasteiger charge is 2.33. The van der Waals surface area contributed by atoms with Crippen molar-refractivity contribution in [3.8, 4) is 17.2 Å². The average molecular weight is 427 g/mol. The van der Waals surface area contributed by atoms with Gasteiger partial charge in [-0.1, -0.05) is 17.8 Å². The quantitative estimate of drug-likeness (QED) is 0.696. The minimum Gasteiger partial charge on any atom is -0.549 e. The SMILES string of the molecule is CCOc1ccc(N=C2S[C@H](C(=O)[O-])CC(=O)N2Cc2ccc3c(c2)OCO3)cc1. The first-order valence-electron chi connectivity index (χ1n) is 9.41. The maximum absolute atomic E-state index is 12.8. The van der Waals surface area contributed by atoms with Crippen LogP contribution in [0, 0.1) is 0 Å². The fourth-order valence-corrected chi connectivity index (χ4v) is 4.13. The largest absolute Gasteiger partial charge is 0.549 e. The van der Waals surface area contributed by atoms with Crippen molar-refractivity contribution < 1.29 is 28.9 Å². The van der Waals surface area contributed by atoms with Crippen molar-refractivity contribution in [3.05, 3.63) is 48.0 Å². The zero-order valence-electron chi connectivity index (χ0n) is 16.2. The molecule has 1 amide bonds. The Morgan fingerprint density at radius 3 is 2.73 bits per heavy atom. The molecule has 1 fully saturated rings.